The van der Waals surface area contributed by atoms with E-state index in [-0.39, 0.29) is 33.7 Å². The Labute approximate surface area is 204 Å². The van der Waals surface area contributed by atoms with Crippen molar-refractivity contribution in [1.29, 1.82) is 0 Å². The number of nitrogens with zero attached hydrogens (tertiary/aromatic N) is 3. The zero-order valence-electron chi connectivity index (χ0n) is 19.0. The second-order valence-electron chi connectivity index (χ2n) is 8.19. The van der Waals surface area contributed by atoms with Crippen LogP contribution < -0.4 is 11.1 Å². The summed E-state index contributed by atoms with van der Waals surface area (Å²) in [5.74, 6) is -3.15. The van der Waals surface area contributed by atoms with Crippen LogP contribution in [0, 0.1) is 11.6 Å². The highest BCUT2D eigenvalue weighted by Crippen LogP contribution is 2.31. The predicted molar refractivity (Wildman–Crippen MR) is 129 cm³/mol. The van der Waals surface area contributed by atoms with E-state index in [9.17, 15) is 23.2 Å². The molecule has 1 unspecified atom stereocenters. The molecular weight excluding hydrogens is 476 g/mol. The number of rotatable bonds is 6. The van der Waals surface area contributed by atoms with E-state index in [0.717, 1.165) is 29.9 Å². The van der Waals surface area contributed by atoms with Gasteiger partial charge >= 0.3 is 0 Å². The van der Waals surface area contributed by atoms with Crippen molar-refractivity contribution in [3.8, 4) is 0 Å². The van der Waals surface area contributed by atoms with Gasteiger partial charge in [-0.3, -0.25) is 14.4 Å². The first-order valence-corrected chi connectivity index (χ1v) is 11.6. The van der Waals surface area contributed by atoms with Gasteiger partial charge in [-0.05, 0) is 42.8 Å². The summed E-state index contributed by atoms with van der Waals surface area (Å²) in [7, 11) is 1.73. The van der Waals surface area contributed by atoms with Crippen LogP contribution in [0.5, 0.6) is 0 Å². The largest absolute Gasteiger partial charge is 0.382 e. The minimum absolute atomic E-state index is 0.00231. The Morgan fingerprint density at radius 2 is 1.80 bits per heavy atom. The molecule has 35 heavy (non-hydrogen) atoms. The molecule has 2 amide bonds. The number of benzene rings is 2. The molecule has 11 heteroatoms. The molecule has 182 valence electrons. The molecule has 2 heterocycles. The van der Waals surface area contributed by atoms with E-state index in [2.05, 4.69) is 10.3 Å². The Kier molecular flexibility index (Phi) is 6.79. The van der Waals surface area contributed by atoms with Crippen molar-refractivity contribution in [3.05, 3.63) is 70.1 Å². The fraction of sp³-hybridized carbons (Fsp3) is 0.250. The van der Waals surface area contributed by atoms with Crippen LogP contribution in [0.25, 0.3) is 0 Å². The lowest BCUT2D eigenvalue weighted by Crippen LogP contribution is -2.38. The third kappa shape index (κ3) is 4.99. The lowest BCUT2D eigenvalue weighted by molar-refractivity contribution is -0.129. The van der Waals surface area contributed by atoms with Crippen molar-refractivity contribution in [3.63, 3.8) is 0 Å². The van der Waals surface area contributed by atoms with Gasteiger partial charge in [-0.2, -0.15) is 0 Å². The monoisotopic (exact) mass is 499 g/mol. The van der Waals surface area contributed by atoms with E-state index < -0.39 is 23.0 Å². The number of nitrogen functional groups attached to an aromatic ring is 1. The zero-order valence-corrected chi connectivity index (χ0v) is 19.9. The molecule has 4 rings (SSSR count). The van der Waals surface area contributed by atoms with Crippen molar-refractivity contribution >= 4 is 45.6 Å². The lowest BCUT2D eigenvalue weighted by Gasteiger charge is -2.23. The van der Waals surface area contributed by atoms with Crippen LogP contribution in [0.2, 0.25) is 0 Å². The third-order valence-electron chi connectivity index (χ3n) is 5.93. The van der Waals surface area contributed by atoms with Gasteiger partial charge in [0.15, 0.2) is 5.13 Å². The number of likely N-dealkylation sites (N-methyl/N-ethyl adjacent to an activating group) is 1. The van der Waals surface area contributed by atoms with E-state index in [0.29, 0.717) is 24.3 Å². The van der Waals surface area contributed by atoms with Crippen LogP contribution in [0.1, 0.15) is 38.9 Å². The second kappa shape index (κ2) is 9.79. The van der Waals surface area contributed by atoms with Crippen molar-refractivity contribution in [1.82, 2.24) is 14.8 Å². The number of anilines is 3. The number of likely N-dealkylation sites (tertiary alicyclic amines) is 1. The molecule has 3 N–H and O–H groups in total. The van der Waals surface area contributed by atoms with Gasteiger partial charge in [0, 0.05) is 38.3 Å². The summed E-state index contributed by atoms with van der Waals surface area (Å²) in [5.41, 5.74) is 6.23. The highest BCUT2D eigenvalue weighted by Gasteiger charge is 2.30. The Bertz CT molecular complexity index is 1270. The first-order chi connectivity index (χ1) is 16.7. The SMILES string of the molecule is CC(=O)N(C)C1CCN(C(=O)c2ccc(Nc3nc(N)c(C(=O)c4c(F)cccc4F)s3)cc2)C1. The summed E-state index contributed by atoms with van der Waals surface area (Å²) in [6, 6.07) is 9.84. The first kappa shape index (κ1) is 24.3. The van der Waals surface area contributed by atoms with E-state index in [1.165, 1.54) is 13.0 Å². The summed E-state index contributed by atoms with van der Waals surface area (Å²) in [4.78, 5) is 44.4. The molecule has 1 fully saturated rings. The number of halogens is 2. The lowest BCUT2D eigenvalue weighted by atomic mass is 10.1. The molecule has 1 aliphatic rings. The molecule has 1 saturated heterocycles. The molecule has 0 spiro atoms. The van der Waals surface area contributed by atoms with Gasteiger partial charge in [-0.15, -0.1) is 0 Å². The first-order valence-electron chi connectivity index (χ1n) is 10.8. The van der Waals surface area contributed by atoms with Crippen LogP contribution in [0.15, 0.2) is 42.5 Å². The van der Waals surface area contributed by atoms with E-state index >= 15 is 0 Å². The summed E-state index contributed by atoms with van der Waals surface area (Å²) >= 11 is 0.873. The maximum absolute atomic E-state index is 14.0. The van der Waals surface area contributed by atoms with E-state index in [4.69, 9.17) is 5.73 Å². The normalized spacial score (nSPS) is 15.2. The molecule has 0 saturated carbocycles. The minimum atomic E-state index is -0.977. The number of ketones is 1. The fourth-order valence-corrected chi connectivity index (χ4v) is 4.73. The number of carbonyl (C=O) groups is 3. The standard InChI is InChI=1S/C24H23F2N5O3S/c1-13(32)30(2)16-10-11-31(12-16)23(34)14-6-8-15(9-7-14)28-24-29-22(27)21(35-24)20(33)19-17(25)4-3-5-18(19)26/h3-9,16H,10-12,27H2,1-2H3,(H,28,29). The number of aromatic nitrogens is 1. The summed E-state index contributed by atoms with van der Waals surface area (Å²) in [6.45, 7) is 2.55. The van der Waals surface area contributed by atoms with E-state index in [1.807, 2.05) is 0 Å². The van der Waals surface area contributed by atoms with Crippen LogP contribution in [-0.2, 0) is 4.79 Å². The van der Waals surface area contributed by atoms with Crippen molar-refractivity contribution < 1.29 is 23.2 Å². The topological polar surface area (TPSA) is 109 Å². The molecule has 0 bridgehead atoms. The third-order valence-corrected chi connectivity index (χ3v) is 6.91. The van der Waals surface area contributed by atoms with Crippen LogP contribution >= 0.6 is 11.3 Å². The van der Waals surface area contributed by atoms with Gasteiger partial charge in [0.2, 0.25) is 11.7 Å². The molecule has 0 radical (unpaired) electrons. The zero-order chi connectivity index (χ0) is 25.3. The molecule has 1 atom stereocenters. The summed E-state index contributed by atoms with van der Waals surface area (Å²) < 4.78 is 28.0. The average Bonchev–Trinajstić information content (AvgIpc) is 3.45. The van der Waals surface area contributed by atoms with Crippen LogP contribution in [0.3, 0.4) is 0 Å². The smallest absolute Gasteiger partial charge is 0.253 e. The molecule has 3 aromatic rings. The van der Waals surface area contributed by atoms with Gasteiger partial charge in [0.1, 0.15) is 22.3 Å². The Hall–Kier alpha value is -3.86. The summed E-state index contributed by atoms with van der Waals surface area (Å²) in [5, 5.41) is 3.25. The number of thiazole rings is 1. The second-order valence-corrected chi connectivity index (χ2v) is 9.18. The van der Waals surface area contributed by atoms with Gasteiger partial charge in [-0.25, -0.2) is 13.8 Å². The maximum Gasteiger partial charge on any atom is 0.253 e. The Balaban J connectivity index is 1.44. The predicted octanol–water partition coefficient (Wildman–Crippen LogP) is 3.67. The Morgan fingerprint density at radius 1 is 1.14 bits per heavy atom. The number of hydrogen-bond acceptors (Lipinski definition) is 7. The van der Waals surface area contributed by atoms with Crippen molar-refractivity contribution in [2.45, 2.75) is 19.4 Å². The number of amides is 2. The number of carbonyl (C=O) groups excluding carboxylic acids is 3. The molecule has 8 nitrogen and oxygen atoms in total. The molecular formula is C24H23F2N5O3S. The molecule has 2 aromatic carbocycles. The highest BCUT2D eigenvalue weighted by atomic mass is 32.1. The Morgan fingerprint density at radius 3 is 2.43 bits per heavy atom. The van der Waals surface area contributed by atoms with Crippen molar-refractivity contribution in [2.24, 2.45) is 0 Å². The number of nitrogens with one attached hydrogen (secondary N) is 1. The average molecular weight is 500 g/mol. The minimum Gasteiger partial charge on any atom is -0.382 e. The van der Waals surface area contributed by atoms with Crippen LogP contribution in [-0.4, -0.2) is 58.6 Å². The molecule has 0 aliphatic carbocycles. The number of hydrogen-bond donors (Lipinski definition) is 2. The summed E-state index contributed by atoms with van der Waals surface area (Å²) in [6.07, 6.45) is 0.727. The van der Waals surface area contributed by atoms with Crippen molar-refractivity contribution in [2.75, 3.05) is 31.2 Å². The quantitative estimate of drug-likeness (QED) is 0.501. The van der Waals surface area contributed by atoms with Gasteiger partial charge in [0.05, 0.1) is 11.6 Å². The van der Waals surface area contributed by atoms with Gasteiger partial charge < -0.3 is 20.9 Å². The highest BCUT2D eigenvalue weighted by molar-refractivity contribution is 7.18. The van der Waals surface area contributed by atoms with Gasteiger partial charge in [0.25, 0.3) is 5.91 Å². The fourth-order valence-electron chi connectivity index (χ4n) is 3.88. The molecule has 1 aromatic heterocycles. The van der Waals surface area contributed by atoms with E-state index in [1.54, 1.807) is 41.1 Å². The molecule has 1 aliphatic heterocycles. The number of nitrogens with two attached hydrogens (primary N) is 1. The maximum atomic E-state index is 14.0. The van der Waals surface area contributed by atoms with Gasteiger partial charge in [-0.1, -0.05) is 17.4 Å². The van der Waals surface area contributed by atoms with Crippen LogP contribution in [0.4, 0.5) is 25.4 Å².